The van der Waals surface area contributed by atoms with Crippen molar-refractivity contribution in [2.75, 3.05) is 13.1 Å². The zero-order chi connectivity index (χ0) is 16.3. The largest absolute Gasteiger partial charge is 0.362 e. The van der Waals surface area contributed by atoms with E-state index in [4.69, 9.17) is 17.5 Å². The third-order valence-electron chi connectivity index (χ3n) is 3.41. The van der Waals surface area contributed by atoms with Crippen molar-refractivity contribution in [3.05, 3.63) is 66.0 Å². The number of rotatable bonds is 7. The van der Waals surface area contributed by atoms with Crippen LogP contribution < -0.4 is 5.32 Å². The van der Waals surface area contributed by atoms with E-state index in [2.05, 4.69) is 28.5 Å². The Morgan fingerprint density at radius 2 is 1.96 bits per heavy atom. The molecule has 0 saturated carbocycles. The summed E-state index contributed by atoms with van der Waals surface area (Å²) in [6, 6.07) is 16.4. The average Bonchev–Trinajstić information content (AvgIpc) is 2.60. The molecule has 1 N–H and O–H groups in total. The number of nitriles is 1. The SMILES string of the molecule is N#CCCN(Cc1cccnc1)C(=S)NCCc1ccccc1. The van der Waals surface area contributed by atoms with Gasteiger partial charge in [-0.1, -0.05) is 36.4 Å². The predicted molar refractivity (Wildman–Crippen MR) is 95.6 cm³/mol. The van der Waals surface area contributed by atoms with Gasteiger partial charge >= 0.3 is 0 Å². The van der Waals surface area contributed by atoms with Crippen LogP contribution in [0.3, 0.4) is 0 Å². The minimum Gasteiger partial charge on any atom is -0.362 e. The third kappa shape index (κ3) is 6.05. The smallest absolute Gasteiger partial charge is 0.169 e. The molecule has 2 rings (SSSR count). The molecular formula is C18H20N4S. The average molecular weight is 324 g/mol. The standard InChI is InChI=1S/C18H20N4S/c19-10-5-13-22(15-17-8-4-11-20-14-17)18(23)21-12-9-16-6-2-1-3-7-16/h1-4,6-8,11,14H,5,9,12-13,15H2,(H,21,23). The van der Waals surface area contributed by atoms with Gasteiger partial charge in [0, 0.05) is 32.0 Å². The Labute approximate surface area is 142 Å². The van der Waals surface area contributed by atoms with E-state index < -0.39 is 0 Å². The lowest BCUT2D eigenvalue weighted by atomic mass is 10.1. The predicted octanol–water partition coefficient (Wildman–Crippen LogP) is 2.91. The summed E-state index contributed by atoms with van der Waals surface area (Å²) in [5.74, 6) is 0. The van der Waals surface area contributed by atoms with Gasteiger partial charge in [0.05, 0.1) is 12.5 Å². The van der Waals surface area contributed by atoms with Crippen molar-refractivity contribution in [1.29, 1.82) is 5.26 Å². The molecule has 23 heavy (non-hydrogen) atoms. The van der Waals surface area contributed by atoms with Gasteiger partial charge in [0.25, 0.3) is 0 Å². The number of aromatic nitrogens is 1. The van der Waals surface area contributed by atoms with Crippen molar-refractivity contribution in [3.63, 3.8) is 0 Å². The summed E-state index contributed by atoms with van der Waals surface area (Å²) in [6.07, 6.45) is 4.94. The third-order valence-corrected chi connectivity index (χ3v) is 3.81. The molecule has 0 unspecified atom stereocenters. The van der Waals surface area contributed by atoms with Crippen LogP contribution in [0.1, 0.15) is 17.5 Å². The molecular weight excluding hydrogens is 304 g/mol. The van der Waals surface area contributed by atoms with Crippen molar-refractivity contribution in [1.82, 2.24) is 15.2 Å². The van der Waals surface area contributed by atoms with Gasteiger partial charge in [-0.3, -0.25) is 4.98 Å². The second-order valence-electron chi connectivity index (χ2n) is 5.16. The molecule has 1 aromatic heterocycles. The summed E-state index contributed by atoms with van der Waals surface area (Å²) in [5.41, 5.74) is 2.36. The fraction of sp³-hybridized carbons (Fsp3) is 0.278. The number of hydrogen-bond donors (Lipinski definition) is 1. The molecule has 1 aromatic carbocycles. The molecule has 4 nitrogen and oxygen atoms in total. The molecule has 0 spiro atoms. The maximum atomic E-state index is 8.84. The van der Waals surface area contributed by atoms with Crippen LogP contribution in [-0.2, 0) is 13.0 Å². The van der Waals surface area contributed by atoms with Crippen molar-refractivity contribution in [2.45, 2.75) is 19.4 Å². The van der Waals surface area contributed by atoms with Crippen molar-refractivity contribution < 1.29 is 0 Å². The van der Waals surface area contributed by atoms with Gasteiger partial charge in [0.15, 0.2) is 5.11 Å². The molecule has 0 atom stereocenters. The zero-order valence-electron chi connectivity index (χ0n) is 13.0. The summed E-state index contributed by atoms with van der Waals surface area (Å²) in [4.78, 5) is 6.14. The highest BCUT2D eigenvalue weighted by Gasteiger charge is 2.10. The first-order valence-corrected chi connectivity index (χ1v) is 8.03. The second-order valence-corrected chi connectivity index (χ2v) is 5.55. The lowest BCUT2D eigenvalue weighted by Gasteiger charge is -2.25. The Hall–Kier alpha value is -2.45. The number of thiocarbonyl (C=S) groups is 1. The Morgan fingerprint density at radius 1 is 1.17 bits per heavy atom. The van der Waals surface area contributed by atoms with E-state index in [0.29, 0.717) is 24.6 Å². The molecule has 0 fully saturated rings. The highest BCUT2D eigenvalue weighted by atomic mass is 32.1. The quantitative estimate of drug-likeness (QED) is 0.794. The molecule has 118 valence electrons. The van der Waals surface area contributed by atoms with Gasteiger partial charge in [-0.15, -0.1) is 0 Å². The molecule has 1 heterocycles. The molecule has 0 radical (unpaired) electrons. The van der Waals surface area contributed by atoms with Crippen molar-refractivity contribution in [2.24, 2.45) is 0 Å². The second kappa shape index (κ2) is 9.54. The van der Waals surface area contributed by atoms with Crippen LogP contribution >= 0.6 is 12.2 Å². The number of hydrogen-bond acceptors (Lipinski definition) is 3. The van der Waals surface area contributed by atoms with Crippen LogP contribution in [0.5, 0.6) is 0 Å². The molecule has 5 heteroatoms. The minimum atomic E-state index is 0.445. The van der Waals surface area contributed by atoms with Crippen LogP contribution in [-0.4, -0.2) is 28.1 Å². The first-order valence-electron chi connectivity index (χ1n) is 7.62. The fourth-order valence-electron chi connectivity index (χ4n) is 2.22. The Balaban J connectivity index is 1.87. The van der Waals surface area contributed by atoms with Crippen LogP contribution in [0.4, 0.5) is 0 Å². The van der Waals surface area contributed by atoms with E-state index in [1.54, 1.807) is 6.20 Å². The summed E-state index contributed by atoms with van der Waals surface area (Å²) in [6.45, 7) is 2.05. The van der Waals surface area contributed by atoms with Gasteiger partial charge in [-0.05, 0) is 35.8 Å². The fourth-order valence-corrected chi connectivity index (χ4v) is 2.48. The minimum absolute atomic E-state index is 0.445. The maximum Gasteiger partial charge on any atom is 0.169 e. The van der Waals surface area contributed by atoms with Crippen molar-refractivity contribution in [3.8, 4) is 6.07 Å². The van der Waals surface area contributed by atoms with E-state index in [-0.39, 0.29) is 0 Å². The zero-order valence-corrected chi connectivity index (χ0v) is 13.8. The molecule has 0 aliphatic carbocycles. The lowest BCUT2D eigenvalue weighted by Crippen LogP contribution is -2.40. The highest BCUT2D eigenvalue weighted by Crippen LogP contribution is 2.05. The molecule has 0 amide bonds. The molecule has 0 saturated heterocycles. The van der Waals surface area contributed by atoms with E-state index in [1.807, 2.05) is 41.4 Å². The van der Waals surface area contributed by atoms with E-state index >= 15 is 0 Å². The molecule has 0 aliphatic heterocycles. The van der Waals surface area contributed by atoms with Crippen LogP contribution in [0.25, 0.3) is 0 Å². The number of nitrogens with one attached hydrogen (secondary N) is 1. The summed E-state index contributed by atoms with van der Waals surface area (Å²) < 4.78 is 0. The number of pyridine rings is 1. The van der Waals surface area contributed by atoms with Crippen LogP contribution in [0.2, 0.25) is 0 Å². The molecule has 0 bridgehead atoms. The molecule has 0 aliphatic rings. The van der Waals surface area contributed by atoms with Gasteiger partial charge in [-0.25, -0.2) is 0 Å². The van der Waals surface area contributed by atoms with Gasteiger partial charge in [0.1, 0.15) is 0 Å². The van der Waals surface area contributed by atoms with Crippen LogP contribution in [0.15, 0.2) is 54.9 Å². The lowest BCUT2D eigenvalue weighted by molar-refractivity contribution is 0.414. The van der Waals surface area contributed by atoms with E-state index in [0.717, 1.165) is 18.5 Å². The van der Waals surface area contributed by atoms with E-state index in [1.165, 1.54) is 5.56 Å². The Kier molecular flexibility index (Phi) is 7.02. The maximum absolute atomic E-state index is 8.84. The van der Waals surface area contributed by atoms with Gasteiger partial charge < -0.3 is 10.2 Å². The van der Waals surface area contributed by atoms with Crippen LogP contribution in [0, 0.1) is 11.3 Å². The first kappa shape index (κ1) is 16.9. The number of benzene rings is 1. The van der Waals surface area contributed by atoms with Gasteiger partial charge in [-0.2, -0.15) is 5.26 Å². The Bertz CT molecular complexity index is 637. The van der Waals surface area contributed by atoms with Crippen molar-refractivity contribution >= 4 is 17.3 Å². The monoisotopic (exact) mass is 324 g/mol. The summed E-state index contributed by atoms with van der Waals surface area (Å²) >= 11 is 5.49. The number of nitrogens with zero attached hydrogens (tertiary/aromatic N) is 3. The first-order chi connectivity index (χ1) is 11.3. The topological polar surface area (TPSA) is 52.0 Å². The molecule has 2 aromatic rings. The van der Waals surface area contributed by atoms with Gasteiger partial charge in [0.2, 0.25) is 0 Å². The summed E-state index contributed by atoms with van der Waals surface area (Å²) in [7, 11) is 0. The summed E-state index contributed by atoms with van der Waals surface area (Å²) in [5, 5.41) is 12.8. The highest BCUT2D eigenvalue weighted by molar-refractivity contribution is 7.80. The van der Waals surface area contributed by atoms with E-state index in [9.17, 15) is 0 Å². The Morgan fingerprint density at radius 3 is 2.65 bits per heavy atom. The normalized spacial score (nSPS) is 9.87.